The lowest BCUT2D eigenvalue weighted by Gasteiger charge is -2.08. The molecule has 0 aliphatic carbocycles. The van der Waals surface area contributed by atoms with Gasteiger partial charge in [-0.2, -0.15) is 0 Å². The van der Waals surface area contributed by atoms with Gasteiger partial charge in [0.05, 0.1) is 19.2 Å². The quantitative estimate of drug-likeness (QED) is 0.701. The fraction of sp³-hybridized carbons (Fsp3) is 0.200. The summed E-state index contributed by atoms with van der Waals surface area (Å²) in [4.78, 5) is 16.6. The van der Waals surface area contributed by atoms with Crippen molar-refractivity contribution in [2.24, 2.45) is 0 Å². The molecule has 0 bridgehead atoms. The molecule has 1 aromatic heterocycles. The van der Waals surface area contributed by atoms with Crippen LogP contribution in [0.15, 0.2) is 54.6 Å². The number of aryl methyl sites for hydroxylation is 1. The van der Waals surface area contributed by atoms with Crippen molar-refractivity contribution in [3.05, 3.63) is 65.9 Å². The fourth-order valence-corrected chi connectivity index (χ4v) is 2.49. The molecule has 1 amide bonds. The lowest BCUT2D eigenvalue weighted by atomic mass is 10.2. The van der Waals surface area contributed by atoms with Gasteiger partial charge in [-0.1, -0.05) is 18.2 Å². The number of nitrogens with one attached hydrogen (secondary N) is 1. The maximum atomic E-state index is 12.2. The van der Waals surface area contributed by atoms with Gasteiger partial charge in [-0.25, -0.2) is 4.98 Å². The van der Waals surface area contributed by atoms with Crippen molar-refractivity contribution < 1.29 is 14.3 Å². The number of hydrogen-bond acceptors (Lipinski definition) is 4. The third kappa shape index (κ3) is 4.26. The number of nitrogens with zero attached hydrogens (tertiary/aromatic N) is 1. The molecule has 0 fully saturated rings. The zero-order valence-electron chi connectivity index (χ0n) is 14.3. The van der Waals surface area contributed by atoms with E-state index >= 15 is 0 Å². The predicted molar refractivity (Wildman–Crippen MR) is 97.3 cm³/mol. The molecule has 5 nitrogen and oxygen atoms in total. The van der Waals surface area contributed by atoms with E-state index in [1.54, 1.807) is 13.2 Å². The number of methoxy groups -OCH3 is 1. The third-order valence-corrected chi connectivity index (χ3v) is 3.77. The maximum absolute atomic E-state index is 12.2. The molecule has 5 heteroatoms. The Morgan fingerprint density at radius 3 is 2.76 bits per heavy atom. The molecule has 2 aromatic carbocycles. The van der Waals surface area contributed by atoms with E-state index in [4.69, 9.17) is 9.47 Å². The number of aromatic nitrogens is 1. The first kappa shape index (κ1) is 16.8. The number of ether oxygens (including phenoxy) is 2. The lowest BCUT2D eigenvalue weighted by molar-refractivity contribution is 0.0942. The van der Waals surface area contributed by atoms with Crippen LogP contribution in [0.3, 0.4) is 0 Å². The van der Waals surface area contributed by atoms with Gasteiger partial charge in [-0.3, -0.25) is 4.79 Å². The molecule has 0 radical (unpaired) electrons. The van der Waals surface area contributed by atoms with Gasteiger partial charge in [-0.05, 0) is 48.9 Å². The number of amides is 1. The van der Waals surface area contributed by atoms with Crippen molar-refractivity contribution in [1.29, 1.82) is 0 Å². The molecule has 3 rings (SSSR count). The monoisotopic (exact) mass is 336 g/mol. The van der Waals surface area contributed by atoms with Gasteiger partial charge < -0.3 is 14.8 Å². The van der Waals surface area contributed by atoms with Crippen molar-refractivity contribution in [2.45, 2.75) is 6.92 Å². The van der Waals surface area contributed by atoms with Crippen LogP contribution in [-0.4, -0.2) is 31.2 Å². The Morgan fingerprint density at radius 2 is 1.96 bits per heavy atom. The van der Waals surface area contributed by atoms with Gasteiger partial charge in [0.1, 0.15) is 23.8 Å². The molecule has 0 saturated heterocycles. The van der Waals surface area contributed by atoms with Crippen molar-refractivity contribution in [1.82, 2.24) is 10.3 Å². The summed E-state index contributed by atoms with van der Waals surface area (Å²) < 4.78 is 10.8. The van der Waals surface area contributed by atoms with Gasteiger partial charge >= 0.3 is 0 Å². The van der Waals surface area contributed by atoms with E-state index in [9.17, 15) is 4.79 Å². The van der Waals surface area contributed by atoms with Gasteiger partial charge in [0, 0.05) is 5.39 Å². The summed E-state index contributed by atoms with van der Waals surface area (Å²) in [6.45, 7) is 2.82. The Labute approximate surface area is 146 Å². The minimum absolute atomic E-state index is 0.217. The van der Waals surface area contributed by atoms with E-state index in [2.05, 4.69) is 10.3 Å². The van der Waals surface area contributed by atoms with Crippen LogP contribution in [-0.2, 0) is 0 Å². The number of rotatable bonds is 6. The second-order valence-electron chi connectivity index (χ2n) is 5.68. The molecule has 25 heavy (non-hydrogen) atoms. The van der Waals surface area contributed by atoms with Crippen LogP contribution in [0.25, 0.3) is 10.9 Å². The molecule has 1 heterocycles. The molecule has 3 aromatic rings. The molecule has 1 N–H and O–H groups in total. The molecule has 0 aliphatic rings. The summed E-state index contributed by atoms with van der Waals surface area (Å²) in [5, 5.41) is 3.75. The van der Waals surface area contributed by atoms with Crippen LogP contribution < -0.4 is 14.8 Å². The topological polar surface area (TPSA) is 60.5 Å². The van der Waals surface area contributed by atoms with E-state index in [-0.39, 0.29) is 5.91 Å². The van der Waals surface area contributed by atoms with Gasteiger partial charge in [0.2, 0.25) is 0 Å². The average molecular weight is 336 g/mol. The predicted octanol–water partition coefficient (Wildman–Crippen LogP) is 3.36. The Kier molecular flexibility index (Phi) is 5.14. The second-order valence-corrected chi connectivity index (χ2v) is 5.68. The summed E-state index contributed by atoms with van der Waals surface area (Å²) in [5.41, 5.74) is 2.27. The third-order valence-electron chi connectivity index (χ3n) is 3.77. The van der Waals surface area contributed by atoms with E-state index in [0.29, 0.717) is 18.8 Å². The van der Waals surface area contributed by atoms with Crippen molar-refractivity contribution in [2.75, 3.05) is 20.3 Å². The minimum Gasteiger partial charge on any atom is -0.497 e. The summed E-state index contributed by atoms with van der Waals surface area (Å²) >= 11 is 0. The molecule has 0 saturated carbocycles. The van der Waals surface area contributed by atoms with Crippen molar-refractivity contribution in [3.8, 4) is 11.5 Å². The number of benzene rings is 2. The zero-order valence-corrected chi connectivity index (χ0v) is 14.3. The molecule has 0 unspecified atom stereocenters. The van der Waals surface area contributed by atoms with E-state index in [1.807, 2.05) is 55.5 Å². The summed E-state index contributed by atoms with van der Waals surface area (Å²) in [6, 6.07) is 16.9. The molecule has 128 valence electrons. The maximum Gasteiger partial charge on any atom is 0.270 e. The number of carbonyl (C=O) groups excluding carboxylic acids is 1. The zero-order chi connectivity index (χ0) is 17.6. The van der Waals surface area contributed by atoms with Crippen molar-refractivity contribution in [3.63, 3.8) is 0 Å². The first-order valence-corrected chi connectivity index (χ1v) is 8.08. The van der Waals surface area contributed by atoms with Crippen LogP contribution in [0.1, 0.15) is 16.1 Å². The molecular weight excluding hydrogens is 316 g/mol. The first-order valence-electron chi connectivity index (χ1n) is 8.08. The number of pyridine rings is 1. The Hall–Kier alpha value is -3.08. The van der Waals surface area contributed by atoms with E-state index in [0.717, 1.165) is 28.0 Å². The van der Waals surface area contributed by atoms with Crippen LogP contribution >= 0.6 is 0 Å². The van der Waals surface area contributed by atoms with Crippen molar-refractivity contribution >= 4 is 16.8 Å². The van der Waals surface area contributed by atoms with E-state index < -0.39 is 0 Å². The van der Waals surface area contributed by atoms with Gasteiger partial charge in [-0.15, -0.1) is 0 Å². The van der Waals surface area contributed by atoms with Crippen LogP contribution in [0.5, 0.6) is 11.5 Å². The highest BCUT2D eigenvalue weighted by Crippen LogP contribution is 2.19. The standard InChI is InChI=1S/C20H20N2O3/c1-14-4-3-5-17(12-14)25-11-10-21-20(23)19-8-6-15-13-16(24-2)7-9-18(15)22-19/h3-9,12-13H,10-11H2,1-2H3,(H,21,23). The largest absolute Gasteiger partial charge is 0.497 e. The SMILES string of the molecule is COc1ccc2nc(C(=O)NCCOc3cccc(C)c3)ccc2c1. The Bertz CT molecular complexity index is 893. The molecular formula is C20H20N2O3. The van der Waals surface area contributed by atoms with Crippen LogP contribution in [0.2, 0.25) is 0 Å². The highest BCUT2D eigenvalue weighted by molar-refractivity contribution is 5.95. The first-order chi connectivity index (χ1) is 12.2. The molecule has 0 spiro atoms. The van der Waals surface area contributed by atoms with E-state index in [1.165, 1.54) is 0 Å². The number of carbonyl (C=O) groups is 1. The van der Waals surface area contributed by atoms with Gasteiger partial charge in [0.25, 0.3) is 5.91 Å². The fourth-order valence-electron chi connectivity index (χ4n) is 2.49. The van der Waals surface area contributed by atoms with Crippen LogP contribution in [0.4, 0.5) is 0 Å². The second kappa shape index (κ2) is 7.66. The summed E-state index contributed by atoms with van der Waals surface area (Å²) in [5.74, 6) is 1.34. The number of fused-ring (bicyclic) bond motifs is 1. The minimum atomic E-state index is -0.217. The number of hydrogen-bond donors (Lipinski definition) is 1. The Morgan fingerprint density at radius 1 is 1.08 bits per heavy atom. The smallest absolute Gasteiger partial charge is 0.270 e. The van der Waals surface area contributed by atoms with Crippen LogP contribution in [0, 0.1) is 6.92 Å². The molecule has 0 aliphatic heterocycles. The summed E-state index contributed by atoms with van der Waals surface area (Å²) in [7, 11) is 1.62. The molecule has 0 atom stereocenters. The lowest BCUT2D eigenvalue weighted by Crippen LogP contribution is -2.28. The van der Waals surface area contributed by atoms with Gasteiger partial charge in [0.15, 0.2) is 0 Å². The average Bonchev–Trinajstić information content (AvgIpc) is 2.64. The highest BCUT2D eigenvalue weighted by atomic mass is 16.5. The Balaban J connectivity index is 1.56. The normalized spacial score (nSPS) is 10.5. The summed E-state index contributed by atoms with van der Waals surface area (Å²) in [6.07, 6.45) is 0. The highest BCUT2D eigenvalue weighted by Gasteiger charge is 2.08.